The fourth-order valence-electron chi connectivity index (χ4n) is 1.86. The lowest BCUT2D eigenvalue weighted by atomic mass is 9.99. The van der Waals surface area contributed by atoms with Crippen molar-refractivity contribution in [3.63, 3.8) is 0 Å². The Morgan fingerprint density at radius 3 is 2.60 bits per heavy atom. The van der Waals surface area contributed by atoms with Gasteiger partial charge in [-0.15, -0.1) is 0 Å². The van der Waals surface area contributed by atoms with Gasteiger partial charge in [-0.05, 0) is 23.8 Å². The first-order valence-electron chi connectivity index (χ1n) is 5.69. The van der Waals surface area contributed by atoms with Crippen molar-refractivity contribution >= 4 is 11.7 Å². The topological polar surface area (TPSA) is 89.7 Å². The zero-order chi connectivity index (χ0) is 14.7. The maximum atomic E-state index is 11.2. The molecule has 0 saturated heterocycles. The predicted octanol–water partition coefficient (Wildman–Crippen LogP) is 2.97. The first kappa shape index (κ1) is 13.5. The lowest BCUT2D eigenvalue weighted by molar-refractivity contribution is -0.384. The fraction of sp³-hybridized carbons (Fsp3) is 0.0714. The summed E-state index contributed by atoms with van der Waals surface area (Å²) >= 11 is 0. The number of nitrogens with zero attached hydrogens (tertiary/aromatic N) is 1. The smallest absolute Gasteiger partial charge is 0.336 e. The van der Waals surface area contributed by atoms with Gasteiger partial charge in [0.05, 0.1) is 17.6 Å². The highest BCUT2D eigenvalue weighted by Crippen LogP contribution is 2.30. The van der Waals surface area contributed by atoms with Gasteiger partial charge >= 0.3 is 5.97 Å². The highest BCUT2D eigenvalue weighted by molar-refractivity contribution is 5.96. The van der Waals surface area contributed by atoms with Gasteiger partial charge in [-0.25, -0.2) is 4.79 Å². The van der Waals surface area contributed by atoms with Crippen molar-refractivity contribution in [3.05, 3.63) is 58.1 Å². The molecule has 0 aromatic heterocycles. The lowest BCUT2D eigenvalue weighted by Gasteiger charge is -2.08. The fourth-order valence-corrected chi connectivity index (χ4v) is 1.86. The summed E-state index contributed by atoms with van der Waals surface area (Å²) < 4.78 is 5.07. The van der Waals surface area contributed by atoms with Gasteiger partial charge in [-0.3, -0.25) is 10.1 Å². The van der Waals surface area contributed by atoms with E-state index in [1.165, 1.54) is 25.3 Å². The van der Waals surface area contributed by atoms with Gasteiger partial charge in [0, 0.05) is 17.7 Å². The largest absolute Gasteiger partial charge is 0.497 e. The number of aromatic carboxylic acids is 1. The third kappa shape index (κ3) is 2.59. The SMILES string of the molecule is COc1cccc(-c2cc([N+](=O)[O-])ccc2C(=O)O)c1. The Kier molecular flexibility index (Phi) is 3.65. The summed E-state index contributed by atoms with van der Waals surface area (Å²) in [7, 11) is 1.49. The molecule has 0 atom stereocenters. The van der Waals surface area contributed by atoms with Crippen molar-refractivity contribution in [2.75, 3.05) is 7.11 Å². The molecule has 0 amide bonds. The van der Waals surface area contributed by atoms with E-state index in [2.05, 4.69) is 0 Å². The van der Waals surface area contributed by atoms with Crippen molar-refractivity contribution in [3.8, 4) is 16.9 Å². The van der Waals surface area contributed by atoms with Crippen LogP contribution in [0.3, 0.4) is 0 Å². The third-order valence-electron chi connectivity index (χ3n) is 2.83. The molecule has 2 rings (SSSR count). The molecular weight excluding hydrogens is 262 g/mol. The summed E-state index contributed by atoms with van der Waals surface area (Å²) in [6, 6.07) is 10.4. The Bertz CT molecular complexity index is 681. The van der Waals surface area contributed by atoms with Gasteiger partial charge in [0.25, 0.3) is 5.69 Å². The summed E-state index contributed by atoms with van der Waals surface area (Å²) in [5.74, 6) is -0.594. The molecule has 20 heavy (non-hydrogen) atoms. The van der Waals surface area contributed by atoms with Crippen LogP contribution in [0.5, 0.6) is 5.75 Å². The molecule has 0 radical (unpaired) electrons. The Hall–Kier alpha value is -2.89. The number of nitro groups is 1. The molecule has 2 aromatic carbocycles. The molecule has 0 saturated carbocycles. The van der Waals surface area contributed by atoms with Crippen molar-refractivity contribution in [2.45, 2.75) is 0 Å². The molecule has 102 valence electrons. The molecule has 6 nitrogen and oxygen atoms in total. The van der Waals surface area contributed by atoms with Crippen LogP contribution in [0.2, 0.25) is 0 Å². The minimum Gasteiger partial charge on any atom is -0.497 e. The van der Waals surface area contributed by atoms with Crippen LogP contribution < -0.4 is 4.74 Å². The first-order chi connectivity index (χ1) is 9.52. The van der Waals surface area contributed by atoms with Crippen LogP contribution in [0.15, 0.2) is 42.5 Å². The van der Waals surface area contributed by atoms with E-state index in [9.17, 15) is 20.0 Å². The summed E-state index contributed by atoms with van der Waals surface area (Å²) in [4.78, 5) is 21.5. The quantitative estimate of drug-likeness (QED) is 0.683. The molecule has 0 aliphatic rings. The number of carbonyl (C=O) groups is 1. The number of nitro benzene ring substituents is 1. The molecular formula is C14H11NO5. The van der Waals surface area contributed by atoms with E-state index in [0.29, 0.717) is 11.3 Å². The van der Waals surface area contributed by atoms with Gasteiger partial charge in [-0.2, -0.15) is 0 Å². The van der Waals surface area contributed by atoms with E-state index in [1.807, 2.05) is 0 Å². The van der Waals surface area contributed by atoms with Crippen LogP contribution in [-0.4, -0.2) is 23.1 Å². The Balaban J connectivity index is 2.65. The Morgan fingerprint density at radius 1 is 1.25 bits per heavy atom. The van der Waals surface area contributed by atoms with Crippen molar-refractivity contribution < 1.29 is 19.6 Å². The lowest BCUT2D eigenvalue weighted by Crippen LogP contribution is -2.01. The number of non-ortho nitro benzene ring substituents is 1. The van der Waals surface area contributed by atoms with Gasteiger partial charge in [-0.1, -0.05) is 12.1 Å². The normalized spacial score (nSPS) is 10.1. The number of carboxylic acid groups (broad SMARTS) is 1. The van der Waals surface area contributed by atoms with E-state index in [-0.39, 0.29) is 16.8 Å². The first-order valence-corrected chi connectivity index (χ1v) is 5.69. The van der Waals surface area contributed by atoms with Crippen LogP contribution in [0.1, 0.15) is 10.4 Å². The summed E-state index contributed by atoms with van der Waals surface area (Å²) in [5.41, 5.74) is 0.674. The Morgan fingerprint density at radius 2 is 2.00 bits per heavy atom. The van der Waals surface area contributed by atoms with Crippen LogP contribution in [0, 0.1) is 10.1 Å². The number of carboxylic acids is 1. The second kappa shape index (κ2) is 5.40. The van der Waals surface area contributed by atoms with Crippen LogP contribution in [0.4, 0.5) is 5.69 Å². The summed E-state index contributed by atoms with van der Waals surface area (Å²) in [6.45, 7) is 0. The third-order valence-corrected chi connectivity index (χ3v) is 2.83. The van der Waals surface area contributed by atoms with E-state index in [1.54, 1.807) is 24.3 Å². The minimum atomic E-state index is -1.14. The number of hydrogen-bond acceptors (Lipinski definition) is 4. The van der Waals surface area contributed by atoms with Crippen LogP contribution in [-0.2, 0) is 0 Å². The van der Waals surface area contributed by atoms with E-state index < -0.39 is 10.9 Å². The highest BCUT2D eigenvalue weighted by Gasteiger charge is 2.16. The number of benzene rings is 2. The zero-order valence-electron chi connectivity index (χ0n) is 10.6. The Labute approximate surface area is 114 Å². The van der Waals surface area contributed by atoms with Crippen LogP contribution in [0.25, 0.3) is 11.1 Å². The standard InChI is InChI=1S/C14H11NO5/c1-20-11-4-2-3-9(7-11)13-8-10(15(18)19)5-6-12(13)14(16)17/h2-8H,1H3,(H,16,17). The number of hydrogen-bond donors (Lipinski definition) is 1. The van der Waals surface area contributed by atoms with Crippen molar-refractivity contribution in [1.82, 2.24) is 0 Å². The monoisotopic (exact) mass is 273 g/mol. The van der Waals surface area contributed by atoms with E-state index in [4.69, 9.17) is 4.74 Å². The molecule has 2 aromatic rings. The molecule has 6 heteroatoms. The molecule has 0 spiro atoms. The molecule has 0 heterocycles. The number of ether oxygens (including phenoxy) is 1. The van der Waals surface area contributed by atoms with Gasteiger partial charge < -0.3 is 9.84 Å². The van der Waals surface area contributed by atoms with Crippen molar-refractivity contribution in [2.24, 2.45) is 0 Å². The van der Waals surface area contributed by atoms with Crippen LogP contribution >= 0.6 is 0 Å². The second-order valence-corrected chi connectivity index (χ2v) is 4.02. The predicted molar refractivity (Wildman–Crippen MR) is 72.0 cm³/mol. The van der Waals surface area contributed by atoms with Gasteiger partial charge in [0.15, 0.2) is 0 Å². The highest BCUT2D eigenvalue weighted by atomic mass is 16.6. The average molecular weight is 273 g/mol. The maximum absolute atomic E-state index is 11.2. The minimum absolute atomic E-state index is 0.00357. The summed E-state index contributed by atoms with van der Waals surface area (Å²) in [6.07, 6.45) is 0. The van der Waals surface area contributed by atoms with Gasteiger partial charge in [0.2, 0.25) is 0 Å². The second-order valence-electron chi connectivity index (χ2n) is 4.02. The maximum Gasteiger partial charge on any atom is 0.336 e. The molecule has 0 unspecified atom stereocenters. The van der Waals surface area contributed by atoms with E-state index in [0.717, 1.165) is 0 Å². The summed E-state index contributed by atoms with van der Waals surface area (Å²) in [5, 5.41) is 20.0. The number of rotatable bonds is 4. The molecule has 0 aliphatic heterocycles. The zero-order valence-corrected chi connectivity index (χ0v) is 10.6. The molecule has 0 fully saturated rings. The van der Waals surface area contributed by atoms with Crippen molar-refractivity contribution in [1.29, 1.82) is 0 Å². The average Bonchev–Trinajstić information content (AvgIpc) is 2.46. The molecule has 1 N–H and O–H groups in total. The number of methoxy groups -OCH3 is 1. The van der Waals surface area contributed by atoms with Gasteiger partial charge in [0.1, 0.15) is 5.75 Å². The molecule has 0 aliphatic carbocycles. The van der Waals surface area contributed by atoms with E-state index >= 15 is 0 Å². The molecule has 0 bridgehead atoms.